The molecule has 1 aliphatic heterocycles. The van der Waals surface area contributed by atoms with Gasteiger partial charge in [-0.1, -0.05) is 33.6 Å². The topological polar surface area (TPSA) is 40.5 Å². The van der Waals surface area contributed by atoms with Crippen LogP contribution in [0.3, 0.4) is 0 Å². The molecule has 5 heteroatoms. The molecule has 128 valence electrons. The van der Waals surface area contributed by atoms with E-state index in [0.29, 0.717) is 5.41 Å². The molecule has 1 aliphatic carbocycles. The molecule has 1 aromatic heterocycles. The average Bonchev–Trinajstić information content (AvgIpc) is 3.22. The van der Waals surface area contributed by atoms with Crippen molar-refractivity contribution in [1.82, 2.24) is 15.2 Å². The minimum Gasteiger partial charge on any atom is -0.350 e. The van der Waals surface area contributed by atoms with Gasteiger partial charge in [0.2, 0.25) is 0 Å². The van der Waals surface area contributed by atoms with E-state index in [-0.39, 0.29) is 5.41 Å². The Morgan fingerprint density at radius 3 is 2.70 bits per heavy atom. The quantitative estimate of drug-likeness (QED) is 0.661. The minimum absolute atomic E-state index is 0.125. The third-order valence-corrected chi connectivity index (χ3v) is 6.18. The van der Waals surface area contributed by atoms with Crippen LogP contribution in [0.2, 0.25) is 0 Å². The van der Waals surface area contributed by atoms with E-state index in [4.69, 9.17) is 4.98 Å². The summed E-state index contributed by atoms with van der Waals surface area (Å²) in [7, 11) is 1.89. The summed E-state index contributed by atoms with van der Waals surface area (Å²) in [6.07, 6.45) is 6.96. The van der Waals surface area contributed by atoms with Crippen LogP contribution in [0.1, 0.15) is 63.6 Å². The molecule has 4 nitrogen and oxygen atoms in total. The molecule has 3 rings (SSSR count). The summed E-state index contributed by atoms with van der Waals surface area (Å²) in [6.45, 7) is 9.73. The van der Waals surface area contributed by atoms with Crippen molar-refractivity contribution >= 4 is 17.3 Å². The largest absolute Gasteiger partial charge is 0.350 e. The molecule has 1 aromatic rings. The van der Waals surface area contributed by atoms with Crippen LogP contribution in [0.25, 0.3) is 0 Å². The van der Waals surface area contributed by atoms with E-state index in [1.807, 2.05) is 7.05 Å². The number of aliphatic imine (C=N–C) groups is 1. The van der Waals surface area contributed by atoms with E-state index in [1.165, 1.54) is 44.3 Å². The van der Waals surface area contributed by atoms with Crippen molar-refractivity contribution in [3.63, 3.8) is 0 Å². The second kappa shape index (κ2) is 6.42. The van der Waals surface area contributed by atoms with E-state index in [9.17, 15) is 0 Å². The van der Waals surface area contributed by atoms with Crippen molar-refractivity contribution < 1.29 is 0 Å². The van der Waals surface area contributed by atoms with Crippen molar-refractivity contribution in [2.45, 2.75) is 64.8 Å². The van der Waals surface area contributed by atoms with Gasteiger partial charge >= 0.3 is 0 Å². The van der Waals surface area contributed by atoms with E-state index >= 15 is 0 Å². The predicted molar refractivity (Wildman–Crippen MR) is 98.1 cm³/mol. The third-order valence-electron chi connectivity index (χ3n) is 5.33. The lowest BCUT2D eigenvalue weighted by atomic mass is 9.86. The van der Waals surface area contributed by atoms with Crippen molar-refractivity contribution in [3.8, 4) is 0 Å². The molecule has 0 atom stereocenters. The number of nitrogens with zero attached hydrogens (tertiary/aromatic N) is 3. The molecule has 1 saturated heterocycles. The summed E-state index contributed by atoms with van der Waals surface area (Å²) in [5.41, 5.74) is 1.89. The van der Waals surface area contributed by atoms with Gasteiger partial charge < -0.3 is 10.2 Å². The van der Waals surface area contributed by atoms with Gasteiger partial charge in [-0.3, -0.25) is 4.99 Å². The van der Waals surface area contributed by atoms with Gasteiger partial charge in [0, 0.05) is 30.9 Å². The van der Waals surface area contributed by atoms with Gasteiger partial charge in [-0.15, -0.1) is 11.3 Å². The van der Waals surface area contributed by atoms with Crippen molar-refractivity contribution in [2.24, 2.45) is 10.4 Å². The summed E-state index contributed by atoms with van der Waals surface area (Å²) in [6, 6.07) is 0. The second-order valence-electron chi connectivity index (χ2n) is 8.16. The molecule has 1 spiro atoms. The van der Waals surface area contributed by atoms with Gasteiger partial charge in [0.1, 0.15) is 5.01 Å². The molecule has 0 aromatic carbocycles. The predicted octanol–water partition coefficient (Wildman–Crippen LogP) is 3.78. The fraction of sp³-hybridized carbons (Fsp3) is 0.778. The molecule has 0 amide bonds. The fourth-order valence-electron chi connectivity index (χ4n) is 3.87. The first kappa shape index (κ1) is 16.7. The molecule has 2 fully saturated rings. The molecule has 2 heterocycles. The summed E-state index contributed by atoms with van der Waals surface area (Å²) in [5.74, 6) is 1.04. The summed E-state index contributed by atoms with van der Waals surface area (Å²) in [5, 5.41) is 6.85. The number of hydrogen-bond acceptors (Lipinski definition) is 3. The molecule has 2 aliphatic rings. The number of hydrogen-bond donors (Lipinski definition) is 1. The van der Waals surface area contributed by atoms with E-state index in [0.717, 1.165) is 24.1 Å². The Hall–Kier alpha value is -1.10. The molecular formula is C18H30N4S. The van der Waals surface area contributed by atoms with Gasteiger partial charge in [-0.25, -0.2) is 4.98 Å². The average molecular weight is 335 g/mol. The SMILES string of the molecule is CN=C(NCc1nc(C(C)(C)C)cs1)N1CCC2(CCCC2)C1. The maximum absolute atomic E-state index is 4.77. The molecule has 0 radical (unpaired) electrons. The number of likely N-dealkylation sites (tertiary alicyclic amines) is 1. The third kappa shape index (κ3) is 3.70. The lowest BCUT2D eigenvalue weighted by Crippen LogP contribution is -2.40. The van der Waals surface area contributed by atoms with E-state index in [1.54, 1.807) is 11.3 Å². The van der Waals surface area contributed by atoms with Crippen LogP contribution in [-0.4, -0.2) is 36.0 Å². The Labute approximate surface area is 144 Å². The lowest BCUT2D eigenvalue weighted by Gasteiger charge is -2.25. The summed E-state index contributed by atoms with van der Waals surface area (Å²) in [4.78, 5) is 11.7. The molecular weight excluding hydrogens is 304 g/mol. The molecule has 23 heavy (non-hydrogen) atoms. The van der Waals surface area contributed by atoms with Crippen LogP contribution < -0.4 is 5.32 Å². The van der Waals surface area contributed by atoms with Gasteiger partial charge in [-0.2, -0.15) is 0 Å². The number of thiazole rings is 1. The standard InChI is InChI=1S/C18H30N4S/c1-17(2,3)14-12-23-15(21-14)11-20-16(19-4)22-10-9-18(13-22)7-5-6-8-18/h12H,5-11,13H2,1-4H3,(H,19,20). The van der Waals surface area contributed by atoms with E-state index in [2.05, 4.69) is 41.4 Å². The zero-order chi connectivity index (χ0) is 16.5. The van der Waals surface area contributed by atoms with Crippen molar-refractivity contribution in [2.75, 3.05) is 20.1 Å². The van der Waals surface area contributed by atoms with Crippen LogP contribution in [0.5, 0.6) is 0 Å². The van der Waals surface area contributed by atoms with Gasteiger partial charge in [-0.05, 0) is 24.7 Å². The number of aromatic nitrogens is 1. The van der Waals surface area contributed by atoms with Crippen LogP contribution >= 0.6 is 11.3 Å². The van der Waals surface area contributed by atoms with Crippen molar-refractivity contribution in [3.05, 3.63) is 16.1 Å². The first-order valence-electron chi connectivity index (χ1n) is 8.82. The van der Waals surface area contributed by atoms with Crippen LogP contribution in [-0.2, 0) is 12.0 Å². The highest BCUT2D eigenvalue weighted by Gasteiger charge is 2.41. The van der Waals surface area contributed by atoms with E-state index < -0.39 is 0 Å². The number of nitrogens with one attached hydrogen (secondary N) is 1. The Morgan fingerprint density at radius 2 is 2.09 bits per heavy atom. The Bertz CT molecular complexity index is 564. The van der Waals surface area contributed by atoms with Gasteiger partial charge in [0.05, 0.1) is 12.2 Å². The first-order chi connectivity index (χ1) is 10.9. The van der Waals surface area contributed by atoms with Gasteiger partial charge in [0.15, 0.2) is 5.96 Å². The zero-order valence-electron chi connectivity index (χ0n) is 15.0. The Kier molecular flexibility index (Phi) is 4.68. The molecule has 0 bridgehead atoms. The van der Waals surface area contributed by atoms with Crippen LogP contribution in [0.15, 0.2) is 10.4 Å². The van der Waals surface area contributed by atoms with Crippen LogP contribution in [0, 0.1) is 5.41 Å². The molecule has 0 unspecified atom stereocenters. The fourth-order valence-corrected chi connectivity index (χ4v) is 4.83. The number of guanidine groups is 1. The maximum Gasteiger partial charge on any atom is 0.194 e. The molecule has 1 N–H and O–H groups in total. The zero-order valence-corrected chi connectivity index (χ0v) is 15.8. The lowest BCUT2D eigenvalue weighted by molar-refractivity contribution is 0.309. The Morgan fingerprint density at radius 1 is 1.35 bits per heavy atom. The Balaban J connectivity index is 1.57. The second-order valence-corrected chi connectivity index (χ2v) is 9.10. The summed E-state index contributed by atoms with van der Waals surface area (Å²) < 4.78 is 0. The summed E-state index contributed by atoms with van der Waals surface area (Å²) >= 11 is 1.74. The highest BCUT2D eigenvalue weighted by molar-refractivity contribution is 7.09. The highest BCUT2D eigenvalue weighted by atomic mass is 32.1. The molecule has 1 saturated carbocycles. The van der Waals surface area contributed by atoms with Crippen molar-refractivity contribution in [1.29, 1.82) is 0 Å². The minimum atomic E-state index is 0.125. The highest BCUT2D eigenvalue weighted by Crippen LogP contribution is 2.45. The first-order valence-corrected chi connectivity index (χ1v) is 9.70. The normalized spacial score (nSPS) is 21.4. The van der Waals surface area contributed by atoms with Gasteiger partial charge in [0.25, 0.3) is 0 Å². The number of rotatable bonds is 2. The van der Waals surface area contributed by atoms with Crippen LogP contribution in [0.4, 0.5) is 0 Å². The maximum atomic E-state index is 4.77. The monoisotopic (exact) mass is 334 g/mol. The smallest absolute Gasteiger partial charge is 0.194 e.